The Balaban J connectivity index is 1.90. The standard InChI is InChI=1S/C13H18N4O3/c1-20-11(18)5-8-14-12(19)10-4-2-9-17(10)13-15-6-3-7-16-13/h3,6-7,10H,2,4-5,8-9H2,1H3,(H,14,19). The summed E-state index contributed by atoms with van der Waals surface area (Å²) in [5, 5.41) is 2.75. The predicted octanol–water partition coefficient (Wildman–Crippen LogP) is 0.125. The normalized spacial score (nSPS) is 17.9. The molecule has 0 radical (unpaired) electrons. The van der Waals surface area contributed by atoms with Gasteiger partial charge in [-0.3, -0.25) is 9.59 Å². The van der Waals surface area contributed by atoms with Crippen LogP contribution in [0.15, 0.2) is 18.5 Å². The van der Waals surface area contributed by atoms with Gasteiger partial charge in [0.1, 0.15) is 6.04 Å². The van der Waals surface area contributed by atoms with Crippen molar-refractivity contribution in [3.05, 3.63) is 18.5 Å². The number of nitrogens with zero attached hydrogens (tertiary/aromatic N) is 3. The van der Waals surface area contributed by atoms with E-state index in [0.717, 1.165) is 19.4 Å². The molecule has 20 heavy (non-hydrogen) atoms. The van der Waals surface area contributed by atoms with Crippen LogP contribution < -0.4 is 10.2 Å². The fourth-order valence-electron chi connectivity index (χ4n) is 2.23. The second-order valence-corrected chi connectivity index (χ2v) is 4.52. The lowest BCUT2D eigenvalue weighted by atomic mass is 10.2. The van der Waals surface area contributed by atoms with Crippen LogP contribution in [0.2, 0.25) is 0 Å². The molecule has 108 valence electrons. The summed E-state index contributed by atoms with van der Waals surface area (Å²) in [5.41, 5.74) is 0. The van der Waals surface area contributed by atoms with Gasteiger partial charge in [0.2, 0.25) is 11.9 Å². The van der Waals surface area contributed by atoms with Crippen molar-refractivity contribution < 1.29 is 14.3 Å². The van der Waals surface area contributed by atoms with E-state index in [-0.39, 0.29) is 30.9 Å². The summed E-state index contributed by atoms with van der Waals surface area (Å²) >= 11 is 0. The van der Waals surface area contributed by atoms with Gasteiger partial charge in [-0.15, -0.1) is 0 Å². The molecular weight excluding hydrogens is 260 g/mol. The molecule has 0 saturated carbocycles. The Hall–Kier alpha value is -2.18. The molecule has 1 aliphatic rings. The van der Waals surface area contributed by atoms with E-state index < -0.39 is 0 Å². The number of carbonyl (C=O) groups is 2. The van der Waals surface area contributed by atoms with Gasteiger partial charge in [-0.2, -0.15) is 0 Å². The SMILES string of the molecule is COC(=O)CCNC(=O)C1CCCN1c1ncccn1. The van der Waals surface area contributed by atoms with Crippen molar-refractivity contribution in [1.82, 2.24) is 15.3 Å². The van der Waals surface area contributed by atoms with Gasteiger partial charge >= 0.3 is 5.97 Å². The predicted molar refractivity (Wildman–Crippen MR) is 72.0 cm³/mol. The second-order valence-electron chi connectivity index (χ2n) is 4.52. The smallest absolute Gasteiger partial charge is 0.307 e. The van der Waals surface area contributed by atoms with Crippen molar-refractivity contribution in [1.29, 1.82) is 0 Å². The Kier molecular flexibility index (Phi) is 4.86. The Labute approximate surface area is 117 Å². The highest BCUT2D eigenvalue weighted by Gasteiger charge is 2.32. The maximum atomic E-state index is 12.1. The van der Waals surface area contributed by atoms with Crippen molar-refractivity contribution >= 4 is 17.8 Å². The second kappa shape index (κ2) is 6.83. The Morgan fingerprint density at radius 2 is 2.20 bits per heavy atom. The zero-order valence-corrected chi connectivity index (χ0v) is 11.4. The third kappa shape index (κ3) is 3.43. The van der Waals surface area contributed by atoms with E-state index in [4.69, 9.17) is 0 Å². The lowest BCUT2D eigenvalue weighted by Crippen LogP contribution is -2.44. The first-order valence-electron chi connectivity index (χ1n) is 6.60. The summed E-state index contributed by atoms with van der Waals surface area (Å²) in [6.45, 7) is 1.05. The number of anilines is 1. The van der Waals surface area contributed by atoms with E-state index >= 15 is 0 Å². The lowest BCUT2D eigenvalue weighted by molar-refractivity contribution is -0.140. The molecule has 0 bridgehead atoms. The first kappa shape index (κ1) is 14.2. The summed E-state index contributed by atoms with van der Waals surface area (Å²) in [6, 6.07) is 1.47. The number of carbonyl (C=O) groups excluding carboxylic acids is 2. The largest absolute Gasteiger partial charge is 0.469 e. The number of hydrogen-bond donors (Lipinski definition) is 1. The number of amides is 1. The highest BCUT2D eigenvalue weighted by atomic mass is 16.5. The van der Waals surface area contributed by atoms with Crippen LogP contribution in [0.25, 0.3) is 0 Å². The van der Waals surface area contributed by atoms with Gasteiger partial charge in [0.15, 0.2) is 0 Å². The molecule has 2 rings (SSSR count). The van der Waals surface area contributed by atoms with Crippen molar-refractivity contribution in [2.24, 2.45) is 0 Å². The summed E-state index contributed by atoms with van der Waals surface area (Å²) in [6.07, 6.45) is 5.19. The van der Waals surface area contributed by atoms with Gasteiger partial charge in [0, 0.05) is 25.5 Å². The molecule has 1 unspecified atom stereocenters. The zero-order valence-electron chi connectivity index (χ0n) is 11.4. The van der Waals surface area contributed by atoms with Gasteiger partial charge in [-0.05, 0) is 18.9 Å². The molecule has 1 saturated heterocycles. The molecule has 2 heterocycles. The molecule has 1 fully saturated rings. The first-order valence-corrected chi connectivity index (χ1v) is 6.60. The number of methoxy groups -OCH3 is 1. The maximum absolute atomic E-state index is 12.1. The third-order valence-corrected chi connectivity index (χ3v) is 3.22. The van der Waals surface area contributed by atoms with Gasteiger partial charge in [0.05, 0.1) is 13.5 Å². The number of ether oxygens (including phenoxy) is 1. The minimum Gasteiger partial charge on any atom is -0.469 e. The molecular formula is C13H18N4O3. The fraction of sp³-hybridized carbons (Fsp3) is 0.538. The van der Waals surface area contributed by atoms with E-state index in [0.29, 0.717) is 5.95 Å². The van der Waals surface area contributed by atoms with Crippen LogP contribution in [0.4, 0.5) is 5.95 Å². The van der Waals surface area contributed by atoms with E-state index in [1.807, 2.05) is 4.90 Å². The molecule has 1 N–H and O–H groups in total. The molecule has 7 heteroatoms. The molecule has 1 aromatic rings. The lowest BCUT2D eigenvalue weighted by Gasteiger charge is -2.23. The minimum absolute atomic E-state index is 0.0983. The number of nitrogens with one attached hydrogen (secondary N) is 1. The molecule has 0 aromatic carbocycles. The third-order valence-electron chi connectivity index (χ3n) is 3.22. The molecule has 7 nitrogen and oxygen atoms in total. The van der Waals surface area contributed by atoms with Crippen LogP contribution in [-0.2, 0) is 14.3 Å². The number of aromatic nitrogens is 2. The van der Waals surface area contributed by atoms with E-state index in [1.165, 1.54) is 7.11 Å². The van der Waals surface area contributed by atoms with Gasteiger partial charge < -0.3 is 15.0 Å². The summed E-state index contributed by atoms with van der Waals surface area (Å²) in [5.74, 6) is 0.136. The van der Waals surface area contributed by atoms with Crippen LogP contribution in [0.1, 0.15) is 19.3 Å². The maximum Gasteiger partial charge on any atom is 0.307 e. The van der Waals surface area contributed by atoms with Crippen molar-refractivity contribution in [2.45, 2.75) is 25.3 Å². The molecule has 0 aliphatic carbocycles. The molecule has 1 atom stereocenters. The van der Waals surface area contributed by atoms with Crippen LogP contribution >= 0.6 is 0 Å². The summed E-state index contributed by atoms with van der Waals surface area (Å²) in [7, 11) is 1.33. The van der Waals surface area contributed by atoms with Crippen LogP contribution in [0, 0.1) is 0 Å². The van der Waals surface area contributed by atoms with Gasteiger partial charge in [-0.25, -0.2) is 9.97 Å². The van der Waals surface area contributed by atoms with E-state index in [2.05, 4.69) is 20.0 Å². The van der Waals surface area contributed by atoms with Crippen LogP contribution in [-0.4, -0.2) is 48.1 Å². The zero-order chi connectivity index (χ0) is 14.4. The van der Waals surface area contributed by atoms with E-state index in [9.17, 15) is 9.59 Å². The van der Waals surface area contributed by atoms with Crippen molar-refractivity contribution in [3.8, 4) is 0 Å². The number of esters is 1. The topological polar surface area (TPSA) is 84.4 Å². The average molecular weight is 278 g/mol. The highest BCUT2D eigenvalue weighted by molar-refractivity contribution is 5.85. The quantitative estimate of drug-likeness (QED) is 0.770. The van der Waals surface area contributed by atoms with Crippen molar-refractivity contribution in [3.63, 3.8) is 0 Å². The average Bonchev–Trinajstić information content (AvgIpc) is 2.97. The Morgan fingerprint density at radius 3 is 2.90 bits per heavy atom. The monoisotopic (exact) mass is 278 g/mol. The Bertz CT molecular complexity index is 466. The molecule has 1 amide bonds. The molecule has 1 aliphatic heterocycles. The van der Waals surface area contributed by atoms with Crippen LogP contribution in [0.3, 0.4) is 0 Å². The van der Waals surface area contributed by atoms with Crippen LogP contribution in [0.5, 0.6) is 0 Å². The van der Waals surface area contributed by atoms with Crippen molar-refractivity contribution in [2.75, 3.05) is 25.1 Å². The number of rotatable bonds is 5. The van der Waals surface area contributed by atoms with E-state index in [1.54, 1.807) is 18.5 Å². The van der Waals surface area contributed by atoms with Gasteiger partial charge in [-0.1, -0.05) is 0 Å². The summed E-state index contributed by atoms with van der Waals surface area (Å²) < 4.78 is 4.53. The highest BCUT2D eigenvalue weighted by Crippen LogP contribution is 2.21. The fourth-order valence-corrected chi connectivity index (χ4v) is 2.23. The first-order chi connectivity index (χ1) is 9.72. The Morgan fingerprint density at radius 1 is 1.45 bits per heavy atom. The number of hydrogen-bond acceptors (Lipinski definition) is 6. The summed E-state index contributed by atoms with van der Waals surface area (Å²) in [4.78, 5) is 33.4. The van der Waals surface area contributed by atoms with Gasteiger partial charge in [0.25, 0.3) is 0 Å². The molecule has 1 aromatic heterocycles. The minimum atomic E-state index is -0.333. The molecule has 0 spiro atoms.